The minimum Gasteiger partial charge on any atom is -0.381 e. The standard InChI is InChI=1S/C13H26N2O/c1-15-8-5-13(6-9-15)14-7-2-10-16-11-12-3-4-12/h12-14H,2-11H2,1H3. The highest BCUT2D eigenvalue weighted by Crippen LogP contribution is 2.28. The minimum absolute atomic E-state index is 0.750. The smallest absolute Gasteiger partial charge is 0.0494 e. The first kappa shape index (κ1) is 12.3. The minimum atomic E-state index is 0.750. The van der Waals surface area contributed by atoms with E-state index in [2.05, 4.69) is 17.3 Å². The molecule has 0 aromatic carbocycles. The molecule has 94 valence electrons. The second-order valence-corrected chi connectivity index (χ2v) is 5.40. The molecule has 1 aliphatic carbocycles. The van der Waals surface area contributed by atoms with Crippen molar-refractivity contribution in [2.75, 3.05) is 39.9 Å². The highest BCUT2D eigenvalue weighted by molar-refractivity contribution is 4.75. The van der Waals surface area contributed by atoms with E-state index in [9.17, 15) is 0 Å². The molecule has 1 saturated carbocycles. The molecule has 0 unspecified atom stereocenters. The zero-order valence-electron chi connectivity index (χ0n) is 10.6. The van der Waals surface area contributed by atoms with Gasteiger partial charge in [0.25, 0.3) is 0 Å². The van der Waals surface area contributed by atoms with Gasteiger partial charge in [0.2, 0.25) is 0 Å². The Bertz CT molecular complexity index is 186. The molecule has 1 N–H and O–H groups in total. The summed E-state index contributed by atoms with van der Waals surface area (Å²) in [4.78, 5) is 2.41. The van der Waals surface area contributed by atoms with Crippen molar-refractivity contribution in [3.8, 4) is 0 Å². The number of likely N-dealkylation sites (tertiary alicyclic amines) is 1. The molecule has 3 nitrogen and oxygen atoms in total. The van der Waals surface area contributed by atoms with Gasteiger partial charge >= 0.3 is 0 Å². The Balaban J connectivity index is 1.39. The Morgan fingerprint density at radius 1 is 1.19 bits per heavy atom. The van der Waals surface area contributed by atoms with Crippen molar-refractivity contribution in [3.05, 3.63) is 0 Å². The third kappa shape index (κ3) is 4.81. The van der Waals surface area contributed by atoms with E-state index in [1.54, 1.807) is 0 Å². The lowest BCUT2D eigenvalue weighted by atomic mass is 10.1. The Morgan fingerprint density at radius 3 is 2.62 bits per heavy atom. The van der Waals surface area contributed by atoms with E-state index in [0.29, 0.717) is 0 Å². The number of piperidine rings is 1. The summed E-state index contributed by atoms with van der Waals surface area (Å²) in [6.07, 6.45) is 6.57. The van der Waals surface area contributed by atoms with Crippen LogP contribution in [0, 0.1) is 5.92 Å². The maximum Gasteiger partial charge on any atom is 0.0494 e. The fraction of sp³-hybridized carbons (Fsp3) is 1.00. The fourth-order valence-corrected chi connectivity index (χ4v) is 2.23. The lowest BCUT2D eigenvalue weighted by Crippen LogP contribution is -2.41. The van der Waals surface area contributed by atoms with Crippen LogP contribution in [0.4, 0.5) is 0 Å². The predicted octanol–water partition coefficient (Wildman–Crippen LogP) is 1.49. The Kier molecular flexibility index (Phi) is 5.07. The van der Waals surface area contributed by atoms with Crippen LogP contribution in [0.3, 0.4) is 0 Å². The van der Waals surface area contributed by atoms with Crippen molar-refractivity contribution < 1.29 is 4.74 Å². The second-order valence-electron chi connectivity index (χ2n) is 5.40. The highest BCUT2D eigenvalue weighted by atomic mass is 16.5. The number of nitrogens with zero attached hydrogens (tertiary/aromatic N) is 1. The number of rotatable bonds is 7. The normalized spacial score (nSPS) is 23.8. The van der Waals surface area contributed by atoms with Gasteiger partial charge in [0, 0.05) is 19.3 Å². The van der Waals surface area contributed by atoms with Crippen LogP contribution in [0.1, 0.15) is 32.1 Å². The zero-order valence-corrected chi connectivity index (χ0v) is 10.6. The molecule has 16 heavy (non-hydrogen) atoms. The first-order valence-electron chi connectivity index (χ1n) is 6.84. The maximum absolute atomic E-state index is 5.62. The maximum atomic E-state index is 5.62. The first-order valence-corrected chi connectivity index (χ1v) is 6.84. The first-order chi connectivity index (χ1) is 7.84. The van der Waals surface area contributed by atoms with E-state index in [0.717, 1.165) is 31.7 Å². The summed E-state index contributed by atoms with van der Waals surface area (Å²) in [5.74, 6) is 0.904. The van der Waals surface area contributed by atoms with Crippen LogP contribution < -0.4 is 5.32 Å². The molecule has 0 spiro atoms. The van der Waals surface area contributed by atoms with E-state index in [4.69, 9.17) is 4.74 Å². The summed E-state index contributed by atoms with van der Waals surface area (Å²) in [5.41, 5.74) is 0. The number of ether oxygens (including phenoxy) is 1. The molecule has 2 fully saturated rings. The van der Waals surface area contributed by atoms with Gasteiger partial charge in [-0.3, -0.25) is 0 Å². The van der Waals surface area contributed by atoms with E-state index >= 15 is 0 Å². The Labute approximate surface area is 99.5 Å². The van der Waals surface area contributed by atoms with Gasteiger partial charge in [-0.25, -0.2) is 0 Å². The quantitative estimate of drug-likeness (QED) is 0.666. The molecule has 0 aromatic heterocycles. The topological polar surface area (TPSA) is 24.5 Å². The van der Waals surface area contributed by atoms with Gasteiger partial charge in [-0.1, -0.05) is 0 Å². The molecule has 1 heterocycles. The van der Waals surface area contributed by atoms with Crippen molar-refractivity contribution in [2.45, 2.75) is 38.1 Å². The molecule has 2 rings (SSSR count). The second kappa shape index (κ2) is 6.58. The van der Waals surface area contributed by atoms with Crippen LogP contribution in [0.5, 0.6) is 0 Å². The lowest BCUT2D eigenvalue weighted by molar-refractivity contribution is 0.120. The number of nitrogens with one attached hydrogen (secondary N) is 1. The average Bonchev–Trinajstić information content (AvgIpc) is 3.10. The van der Waals surface area contributed by atoms with Gasteiger partial charge in [-0.2, -0.15) is 0 Å². The van der Waals surface area contributed by atoms with E-state index in [1.807, 2.05) is 0 Å². The summed E-state index contributed by atoms with van der Waals surface area (Å²) in [6, 6.07) is 0.750. The van der Waals surface area contributed by atoms with E-state index in [-0.39, 0.29) is 0 Å². The lowest BCUT2D eigenvalue weighted by Gasteiger charge is -2.29. The molecule has 0 aromatic rings. The van der Waals surface area contributed by atoms with E-state index < -0.39 is 0 Å². The molecule has 0 atom stereocenters. The molecule has 0 radical (unpaired) electrons. The average molecular weight is 226 g/mol. The van der Waals surface area contributed by atoms with Gasteiger partial charge in [-0.15, -0.1) is 0 Å². The van der Waals surface area contributed by atoms with Gasteiger partial charge in [-0.05, 0) is 64.7 Å². The summed E-state index contributed by atoms with van der Waals surface area (Å²) in [7, 11) is 2.21. The molecular weight excluding hydrogens is 200 g/mol. The van der Waals surface area contributed by atoms with Crippen LogP contribution in [0.15, 0.2) is 0 Å². The number of hydrogen-bond acceptors (Lipinski definition) is 3. The monoisotopic (exact) mass is 226 g/mol. The molecule has 1 saturated heterocycles. The van der Waals surface area contributed by atoms with Gasteiger partial charge < -0.3 is 15.0 Å². The third-order valence-electron chi connectivity index (χ3n) is 3.67. The van der Waals surface area contributed by atoms with Gasteiger partial charge in [0.15, 0.2) is 0 Å². The highest BCUT2D eigenvalue weighted by Gasteiger charge is 2.20. The van der Waals surface area contributed by atoms with Crippen molar-refractivity contribution in [1.82, 2.24) is 10.2 Å². The van der Waals surface area contributed by atoms with Crippen molar-refractivity contribution in [1.29, 1.82) is 0 Å². The van der Waals surface area contributed by atoms with Crippen LogP contribution in [-0.4, -0.2) is 50.8 Å². The van der Waals surface area contributed by atoms with Crippen molar-refractivity contribution in [2.24, 2.45) is 5.92 Å². The van der Waals surface area contributed by atoms with Crippen molar-refractivity contribution >= 4 is 0 Å². The molecular formula is C13H26N2O. The largest absolute Gasteiger partial charge is 0.381 e. The summed E-state index contributed by atoms with van der Waals surface area (Å²) < 4.78 is 5.62. The molecule has 2 aliphatic rings. The van der Waals surface area contributed by atoms with Gasteiger partial charge in [0.1, 0.15) is 0 Å². The third-order valence-corrected chi connectivity index (χ3v) is 3.67. The molecule has 1 aliphatic heterocycles. The van der Waals surface area contributed by atoms with Crippen LogP contribution >= 0.6 is 0 Å². The fourth-order valence-electron chi connectivity index (χ4n) is 2.23. The van der Waals surface area contributed by atoms with Crippen LogP contribution in [-0.2, 0) is 4.74 Å². The molecule has 0 bridgehead atoms. The molecule has 3 heteroatoms. The number of hydrogen-bond donors (Lipinski definition) is 1. The zero-order chi connectivity index (χ0) is 11.2. The molecule has 0 amide bonds. The van der Waals surface area contributed by atoms with E-state index in [1.165, 1.54) is 45.2 Å². The SMILES string of the molecule is CN1CCC(NCCCOCC2CC2)CC1. The summed E-state index contributed by atoms with van der Waals surface area (Å²) in [5, 5.41) is 3.64. The predicted molar refractivity (Wildman–Crippen MR) is 66.7 cm³/mol. The Morgan fingerprint density at radius 2 is 1.94 bits per heavy atom. The van der Waals surface area contributed by atoms with Crippen LogP contribution in [0.2, 0.25) is 0 Å². The van der Waals surface area contributed by atoms with Crippen LogP contribution in [0.25, 0.3) is 0 Å². The van der Waals surface area contributed by atoms with Crippen molar-refractivity contribution in [3.63, 3.8) is 0 Å². The van der Waals surface area contributed by atoms with Gasteiger partial charge in [0.05, 0.1) is 0 Å². The summed E-state index contributed by atoms with van der Waals surface area (Å²) >= 11 is 0. The summed E-state index contributed by atoms with van der Waals surface area (Å²) in [6.45, 7) is 5.56. The Hall–Kier alpha value is -0.120.